The van der Waals surface area contributed by atoms with Crippen molar-refractivity contribution in [1.29, 1.82) is 0 Å². The SMILES string of the molecule is CC(=O)NP(=O)(O)OC[C@H]1O[C@@H](n2ccc(CC(C)C)nc2=O)C(F)(F)[C@@H]1O. The van der Waals surface area contributed by atoms with E-state index in [2.05, 4.69) is 9.51 Å². The van der Waals surface area contributed by atoms with Gasteiger partial charge in [-0.1, -0.05) is 13.8 Å². The van der Waals surface area contributed by atoms with Gasteiger partial charge in [-0.2, -0.15) is 13.8 Å². The number of ether oxygens (including phenoxy) is 1. The first-order chi connectivity index (χ1) is 12.8. The van der Waals surface area contributed by atoms with Gasteiger partial charge in [-0.15, -0.1) is 0 Å². The number of amides is 1. The van der Waals surface area contributed by atoms with E-state index in [1.807, 2.05) is 13.8 Å². The number of aliphatic hydroxyl groups excluding tert-OH is 1. The molecule has 1 amide bonds. The first-order valence-electron chi connectivity index (χ1n) is 8.39. The van der Waals surface area contributed by atoms with E-state index in [9.17, 15) is 32.9 Å². The molecule has 3 N–H and O–H groups in total. The van der Waals surface area contributed by atoms with Crippen molar-refractivity contribution in [2.75, 3.05) is 6.61 Å². The standard InChI is InChI=1S/C15H22F2N3O7P/c1-8(2)6-10-4-5-20(14(23)18-10)13-15(16,17)12(22)11(27-13)7-26-28(24,25)19-9(3)21/h4-5,8,11-13,22H,6-7H2,1-3H3,(H2,19,21,24,25)/t11-,12-,13-/m1/s1. The topological polar surface area (TPSA) is 140 Å². The van der Waals surface area contributed by atoms with Crippen molar-refractivity contribution in [3.8, 4) is 0 Å². The molecular weight excluding hydrogens is 403 g/mol. The van der Waals surface area contributed by atoms with Crippen molar-refractivity contribution in [2.45, 2.75) is 51.6 Å². The van der Waals surface area contributed by atoms with Crippen LogP contribution in [0.4, 0.5) is 8.78 Å². The van der Waals surface area contributed by atoms with Gasteiger partial charge in [-0.3, -0.25) is 19.0 Å². The fourth-order valence-electron chi connectivity index (χ4n) is 2.67. The molecule has 158 valence electrons. The van der Waals surface area contributed by atoms with Crippen molar-refractivity contribution >= 4 is 13.7 Å². The highest BCUT2D eigenvalue weighted by molar-refractivity contribution is 7.51. The highest BCUT2D eigenvalue weighted by Crippen LogP contribution is 2.44. The zero-order valence-electron chi connectivity index (χ0n) is 15.4. The predicted molar refractivity (Wildman–Crippen MR) is 91.5 cm³/mol. The van der Waals surface area contributed by atoms with Gasteiger partial charge in [0.1, 0.15) is 6.10 Å². The van der Waals surface area contributed by atoms with Gasteiger partial charge in [-0.25, -0.2) is 9.36 Å². The Hall–Kier alpha value is -1.72. The van der Waals surface area contributed by atoms with Crippen LogP contribution in [0.15, 0.2) is 17.1 Å². The average Bonchev–Trinajstić information content (AvgIpc) is 2.75. The van der Waals surface area contributed by atoms with Crippen LogP contribution in [-0.2, 0) is 25.0 Å². The number of hydrogen-bond acceptors (Lipinski definition) is 7. The molecule has 0 radical (unpaired) electrons. The molecule has 4 atom stereocenters. The Morgan fingerprint density at radius 1 is 1.54 bits per heavy atom. The number of halogens is 2. The largest absolute Gasteiger partial charge is 0.432 e. The predicted octanol–water partition coefficient (Wildman–Crippen LogP) is 0.589. The maximum atomic E-state index is 14.4. The third-order valence-electron chi connectivity index (χ3n) is 3.85. The van der Waals surface area contributed by atoms with E-state index in [-0.39, 0.29) is 5.92 Å². The lowest BCUT2D eigenvalue weighted by Crippen LogP contribution is -2.42. The first kappa shape index (κ1) is 22.6. The van der Waals surface area contributed by atoms with E-state index >= 15 is 0 Å². The van der Waals surface area contributed by atoms with Crippen LogP contribution in [0.1, 0.15) is 32.7 Å². The maximum absolute atomic E-state index is 14.4. The van der Waals surface area contributed by atoms with Crippen molar-refractivity contribution in [3.05, 3.63) is 28.4 Å². The molecule has 1 aromatic heterocycles. The molecule has 2 heterocycles. The number of carbonyl (C=O) groups excluding carboxylic acids is 1. The molecule has 0 bridgehead atoms. The zero-order chi connectivity index (χ0) is 21.3. The molecule has 0 saturated carbocycles. The van der Waals surface area contributed by atoms with Gasteiger partial charge in [0.2, 0.25) is 12.1 Å². The fourth-order valence-corrected chi connectivity index (χ4v) is 3.48. The summed E-state index contributed by atoms with van der Waals surface area (Å²) < 4.78 is 50.6. The lowest BCUT2D eigenvalue weighted by Gasteiger charge is -2.21. The summed E-state index contributed by atoms with van der Waals surface area (Å²) in [6.07, 6.45) is -4.75. The lowest BCUT2D eigenvalue weighted by molar-refractivity contribution is -0.141. The lowest BCUT2D eigenvalue weighted by atomic mass is 10.1. The minimum Gasteiger partial charge on any atom is -0.384 e. The number of nitrogens with one attached hydrogen (secondary N) is 1. The third kappa shape index (κ3) is 5.21. The summed E-state index contributed by atoms with van der Waals surface area (Å²) in [6.45, 7) is 3.85. The number of hydrogen-bond donors (Lipinski definition) is 3. The Labute approximate surface area is 159 Å². The number of aliphatic hydroxyl groups is 1. The van der Waals surface area contributed by atoms with Gasteiger partial charge in [0, 0.05) is 18.8 Å². The Kier molecular flexibility index (Phi) is 6.72. The average molecular weight is 425 g/mol. The summed E-state index contributed by atoms with van der Waals surface area (Å²) in [4.78, 5) is 36.1. The van der Waals surface area contributed by atoms with Gasteiger partial charge < -0.3 is 14.7 Å². The second kappa shape index (κ2) is 8.34. The molecule has 28 heavy (non-hydrogen) atoms. The van der Waals surface area contributed by atoms with Gasteiger partial charge in [0.15, 0.2) is 6.10 Å². The monoisotopic (exact) mass is 425 g/mol. The second-order valence-electron chi connectivity index (χ2n) is 6.84. The van der Waals surface area contributed by atoms with E-state index in [0.29, 0.717) is 16.7 Å². The molecule has 0 spiro atoms. The Morgan fingerprint density at radius 3 is 2.71 bits per heavy atom. The van der Waals surface area contributed by atoms with E-state index in [4.69, 9.17) is 4.74 Å². The summed E-state index contributed by atoms with van der Waals surface area (Å²) in [5.41, 5.74) is -0.558. The molecule has 1 saturated heterocycles. The van der Waals surface area contributed by atoms with Crippen LogP contribution >= 0.6 is 7.75 Å². The zero-order valence-corrected chi connectivity index (χ0v) is 16.3. The molecule has 1 aliphatic rings. The Balaban J connectivity index is 2.18. The van der Waals surface area contributed by atoms with Crippen LogP contribution in [0.2, 0.25) is 0 Å². The van der Waals surface area contributed by atoms with Crippen LogP contribution in [0.5, 0.6) is 0 Å². The summed E-state index contributed by atoms with van der Waals surface area (Å²) in [7, 11) is -4.61. The van der Waals surface area contributed by atoms with Crippen molar-refractivity contribution in [3.63, 3.8) is 0 Å². The van der Waals surface area contributed by atoms with Crippen molar-refractivity contribution in [1.82, 2.24) is 14.6 Å². The molecule has 0 aromatic carbocycles. The number of alkyl halides is 2. The number of nitrogens with zero attached hydrogens (tertiary/aromatic N) is 2. The third-order valence-corrected chi connectivity index (χ3v) is 4.95. The molecule has 1 aromatic rings. The van der Waals surface area contributed by atoms with Crippen LogP contribution in [-0.4, -0.2) is 50.2 Å². The van der Waals surface area contributed by atoms with E-state index in [0.717, 1.165) is 13.1 Å². The maximum Gasteiger partial charge on any atom is 0.432 e. The van der Waals surface area contributed by atoms with E-state index in [1.54, 1.807) is 5.09 Å². The van der Waals surface area contributed by atoms with Gasteiger partial charge >= 0.3 is 19.4 Å². The second-order valence-corrected chi connectivity index (χ2v) is 8.36. The number of rotatable bonds is 7. The molecular formula is C15H22F2N3O7P. The smallest absolute Gasteiger partial charge is 0.384 e. The molecule has 1 fully saturated rings. The molecule has 1 aliphatic heterocycles. The molecule has 2 rings (SSSR count). The highest BCUT2D eigenvalue weighted by atomic mass is 31.2. The first-order valence-corrected chi connectivity index (χ1v) is 9.97. The van der Waals surface area contributed by atoms with Crippen molar-refractivity contribution < 1.29 is 37.4 Å². The fraction of sp³-hybridized carbons (Fsp3) is 0.667. The summed E-state index contributed by atoms with van der Waals surface area (Å²) in [5.74, 6) is -4.57. The quantitative estimate of drug-likeness (QED) is 0.540. The van der Waals surface area contributed by atoms with Gasteiger partial charge in [0.25, 0.3) is 0 Å². The normalized spacial score (nSPS) is 26.2. The number of aromatic nitrogens is 2. The van der Waals surface area contributed by atoms with E-state index < -0.39 is 50.3 Å². The van der Waals surface area contributed by atoms with Crippen LogP contribution in [0.3, 0.4) is 0 Å². The van der Waals surface area contributed by atoms with E-state index in [1.165, 1.54) is 6.07 Å². The van der Waals surface area contributed by atoms with Crippen LogP contribution < -0.4 is 10.8 Å². The minimum atomic E-state index is -4.61. The number of carbonyl (C=O) groups is 1. The Morgan fingerprint density at radius 2 is 2.18 bits per heavy atom. The minimum absolute atomic E-state index is 0.202. The molecule has 13 heteroatoms. The summed E-state index contributed by atoms with van der Waals surface area (Å²) in [6, 6.07) is 1.40. The Bertz CT molecular complexity index is 832. The highest BCUT2D eigenvalue weighted by Gasteiger charge is 2.60. The van der Waals surface area contributed by atoms with Crippen LogP contribution in [0, 0.1) is 5.92 Å². The summed E-state index contributed by atoms with van der Waals surface area (Å²) in [5, 5.41) is 11.5. The molecule has 0 aliphatic carbocycles. The molecule has 10 nitrogen and oxygen atoms in total. The summed E-state index contributed by atoms with van der Waals surface area (Å²) >= 11 is 0. The van der Waals surface area contributed by atoms with Gasteiger partial charge in [-0.05, 0) is 18.4 Å². The molecule has 1 unspecified atom stereocenters. The van der Waals surface area contributed by atoms with Crippen LogP contribution in [0.25, 0.3) is 0 Å². The van der Waals surface area contributed by atoms with Crippen molar-refractivity contribution in [2.24, 2.45) is 5.92 Å². The van der Waals surface area contributed by atoms with Gasteiger partial charge in [0.05, 0.1) is 6.61 Å².